The topological polar surface area (TPSA) is 117 Å². The van der Waals surface area contributed by atoms with Gasteiger partial charge in [0.15, 0.2) is 0 Å². The number of carbonyl (C=O) groups excluding carboxylic acids is 2. The number of hydrogen-bond acceptors (Lipinski definition) is 7. The van der Waals surface area contributed by atoms with Crippen LogP contribution in [0.2, 0.25) is 0 Å². The molecule has 37 heavy (non-hydrogen) atoms. The van der Waals surface area contributed by atoms with Crippen LogP contribution >= 0.6 is 0 Å². The lowest BCUT2D eigenvalue weighted by Gasteiger charge is -2.29. The van der Waals surface area contributed by atoms with Crippen LogP contribution < -0.4 is 19.9 Å². The normalized spacial score (nSPS) is 14.3. The molecule has 0 aromatic heterocycles. The van der Waals surface area contributed by atoms with Crippen molar-refractivity contribution in [3.63, 3.8) is 0 Å². The summed E-state index contributed by atoms with van der Waals surface area (Å²) in [5.41, 5.74) is 8.09. The van der Waals surface area contributed by atoms with Crippen molar-refractivity contribution in [2.24, 2.45) is 5.73 Å². The molecule has 0 fully saturated rings. The fraction of sp³-hybridized carbons (Fsp3) is 0.448. The number of ether oxygens (including phenoxy) is 4. The third kappa shape index (κ3) is 7.18. The van der Waals surface area contributed by atoms with Gasteiger partial charge < -0.3 is 29.8 Å². The zero-order valence-electron chi connectivity index (χ0n) is 21.7. The van der Waals surface area contributed by atoms with Gasteiger partial charge in [-0.1, -0.05) is 25.5 Å². The van der Waals surface area contributed by atoms with Crippen molar-refractivity contribution in [1.82, 2.24) is 0 Å². The summed E-state index contributed by atoms with van der Waals surface area (Å²) < 4.78 is 23.1. The molecule has 2 aromatic carbocycles. The van der Waals surface area contributed by atoms with E-state index >= 15 is 0 Å². The zero-order valence-corrected chi connectivity index (χ0v) is 21.7. The Hall–Kier alpha value is -3.68. The van der Waals surface area contributed by atoms with Crippen LogP contribution in [0, 0.1) is 0 Å². The van der Waals surface area contributed by atoms with Gasteiger partial charge in [-0.3, -0.25) is 9.59 Å². The maximum atomic E-state index is 11.6. The van der Waals surface area contributed by atoms with Crippen molar-refractivity contribution in [3.8, 4) is 23.0 Å². The van der Waals surface area contributed by atoms with E-state index in [9.17, 15) is 14.7 Å². The SMILES string of the molecule is C=CCc1c(OCCCOc2ccc3c(c2CCC)OC(CCC(=O)OC)CC3)ccc(C(N)=O)c1O. The maximum Gasteiger partial charge on any atom is 0.305 e. The molecule has 1 aliphatic rings. The molecule has 0 bridgehead atoms. The van der Waals surface area contributed by atoms with E-state index in [1.165, 1.54) is 18.7 Å². The van der Waals surface area contributed by atoms with Gasteiger partial charge >= 0.3 is 5.97 Å². The lowest BCUT2D eigenvalue weighted by Crippen LogP contribution is -2.25. The maximum absolute atomic E-state index is 11.6. The standard InChI is InChI=1S/C29H37NO7/c1-4-7-21-24(15-13-23(27(21)32)29(30)33)35-17-6-18-36-25-14-10-19-9-11-20(12-16-26(31)34-3)37-28(19)22(25)8-5-2/h4,10,13-15,20,32H,1,5-9,11-12,16-18H2,2-3H3,(H2,30,33). The lowest BCUT2D eigenvalue weighted by atomic mass is 9.95. The molecule has 8 nitrogen and oxygen atoms in total. The van der Waals surface area contributed by atoms with Crippen LogP contribution in [0.4, 0.5) is 0 Å². The average molecular weight is 512 g/mol. The smallest absolute Gasteiger partial charge is 0.305 e. The first-order valence-corrected chi connectivity index (χ1v) is 12.8. The summed E-state index contributed by atoms with van der Waals surface area (Å²) in [5.74, 6) is 1.06. The number of methoxy groups -OCH3 is 1. The number of amides is 1. The van der Waals surface area contributed by atoms with Crippen LogP contribution in [-0.2, 0) is 28.8 Å². The molecular formula is C29H37NO7. The number of primary amides is 1. The molecule has 200 valence electrons. The second kappa shape index (κ2) is 13.6. The van der Waals surface area contributed by atoms with Crippen molar-refractivity contribution in [3.05, 3.63) is 59.2 Å². The molecule has 0 saturated carbocycles. The van der Waals surface area contributed by atoms with Crippen LogP contribution in [0.5, 0.6) is 23.0 Å². The van der Waals surface area contributed by atoms with Gasteiger partial charge in [0.05, 0.1) is 32.0 Å². The summed E-state index contributed by atoms with van der Waals surface area (Å²) in [6.45, 7) is 6.62. The second-order valence-electron chi connectivity index (χ2n) is 9.02. The Kier molecular flexibility index (Phi) is 10.2. The number of rotatable bonds is 14. The van der Waals surface area contributed by atoms with Crippen LogP contribution in [0.1, 0.15) is 66.1 Å². The highest BCUT2D eigenvalue weighted by Crippen LogP contribution is 2.39. The Morgan fingerprint density at radius 2 is 1.86 bits per heavy atom. The van der Waals surface area contributed by atoms with Gasteiger partial charge in [-0.2, -0.15) is 0 Å². The molecule has 0 radical (unpaired) electrons. The van der Waals surface area contributed by atoms with E-state index in [0.29, 0.717) is 50.2 Å². The third-order valence-corrected chi connectivity index (χ3v) is 6.37. The summed E-state index contributed by atoms with van der Waals surface area (Å²) in [4.78, 5) is 23.1. The van der Waals surface area contributed by atoms with Crippen LogP contribution in [0.15, 0.2) is 36.9 Å². The molecule has 8 heteroatoms. The number of phenols is 1. The van der Waals surface area contributed by atoms with E-state index in [1.807, 2.05) is 6.07 Å². The molecule has 3 N–H and O–H groups in total. The Morgan fingerprint density at radius 3 is 2.51 bits per heavy atom. The Bertz CT molecular complexity index is 1110. The number of fused-ring (bicyclic) bond motifs is 1. The van der Waals surface area contributed by atoms with Crippen molar-refractivity contribution in [2.75, 3.05) is 20.3 Å². The Morgan fingerprint density at radius 1 is 1.16 bits per heavy atom. The summed E-state index contributed by atoms with van der Waals surface area (Å²) in [7, 11) is 1.40. The zero-order chi connectivity index (χ0) is 26.8. The van der Waals surface area contributed by atoms with Gasteiger partial charge in [0, 0.05) is 24.0 Å². The summed E-state index contributed by atoms with van der Waals surface area (Å²) in [6, 6.07) is 7.15. The van der Waals surface area contributed by atoms with Crippen molar-refractivity contribution in [2.45, 2.75) is 64.4 Å². The minimum atomic E-state index is -0.700. The first-order chi connectivity index (χ1) is 17.9. The number of hydrogen-bond donors (Lipinski definition) is 2. The van der Waals surface area contributed by atoms with E-state index in [1.54, 1.807) is 12.1 Å². The van der Waals surface area contributed by atoms with E-state index in [0.717, 1.165) is 42.7 Å². The van der Waals surface area contributed by atoms with Crippen molar-refractivity contribution < 1.29 is 33.6 Å². The lowest BCUT2D eigenvalue weighted by molar-refractivity contribution is -0.141. The molecule has 1 unspecified atom stereocenters. The number of carbonyl (C=O) groups is 2. The molecule has 0 saturated heterocycles. The van der Waals surface area contributed by atoms with Gasteiger partial charge in [-0.05, 0) is 55.9 Å². The van der Waals surface area contributed by atoms with Crippen LogP contribution in [0.25, 0.3) is 0 Å². The number of nitrogens with two attached hydrogens (primary N) is 1. The number of allylic oxidation sites excluding steroid dienone is 1. The van der Waals surface area contributed by atoms with Gasteiger partial charge in [0.1, 0.15) is 23.0 Å². The molecule has 0 spiro atoms. The minimum absolute atomic E-state index is 0.0204. The highest BCUT2D eigenvalue weighted by atomic mass is 16.5. The largest absolute Gasteiger partial charge is 0.507 e. The number of benzene rings is 2. The molecule has 1 atom stereocenters. The molecule has 1 amide bonds. The second-order valence-corrected chi connectivity index (χ2v) is 9.02. The van der Waals surface area contributed by atoms with E-state index in [2.05, 4.69) is 19.6 Å². The summed E-state index contributed by atoms with van der Waals surface area (Å²) in [5, 5.41) is 10.4. The molecule has 3 rings (SSSR count). The first-order valence-electron chi connectivity index (χ1n) is 12.8. The molecule has 0 aliphatic carbocycles. The third-order valence-electron chi connectivity index (χ3n) is 6.37. The fourth-order valence-electron chi connectivity index (χ4n) is 4.47. The van der Waals surface area contributed by atoms with Gasteiger partial charge in [0.25, 0.3) is 5.91 Å². The Balaban J connectivity index is 1.61. The van der Waals surface area contributed by atoms with Crippen molar-refractivity contribution >= 4 is 11.9 Å². The first kappa shape index (κ1) is 27.9. The number of esters is 1. The molecule has 2 aromatic rings. The highest BCUT2D eigenvalue weighted by Gasteiger charge is 2.25. The molecule has 1 aliphatic heterocycles. The van der Waals surface area contributed by atoms with Gasteiger partial charge in [-0.25, -0.2) is 0 Å². The highest BCUT2D eigenvalue weighted by molar-refractivity contribution is 5.96. The monoisotopic (exact) mass is 511 g/mol. The molecular weight excluding hydrogens is 474 g/mol. The van der Waals surface area contributed by atoms with E-state index in [-0.39, 0.29) is 23.4 Å². The number of aryl methyl sites for hydroxylation is 1. The predicted octanol–water partition coefficient (Wildman–Crippen LogP) is 4.67. The minimum Gasteiger partial charge on any atom is -0.507 e. The summed E-state index contributed by atoms with van der Waals surface area (Å²) >= 11 is 0. The quantitative estimate of drug-likeness (QED) is 0.215. The summed E-state index contributed by atoms with van der Waals surface area (Å²) in [6.07, 6.45) is 7.08. The van der Waals surface area contributed by atoms with Crippen LogP contribution in [-0.4, -0.2) is 43.4 Å². The van der Waals surface area contributed by atoms with Crippen molar-refractivity contribution in [1.29, 1.82) is 0 Å². The van der Waals surface area contributed by atoms with Gasteiger partial charge in [0.2, 0.25) is 0 Å². The Labute approximate surface area is 218 Å². The van der Waals surface area contributed by atoms with Crippen LogP contribution in [0.3, 0.4) is 0 Å². The number of aromatic hydroxyl groups is 1. The predicted molar refractivity (Wildman–Crippen MR) is 141 cm³/mol. The van der Waals surface area contributed by atoms with E-state index in [4.69, 9.17) is 24.7 Å². The molecule has 1 heterocycles. The van der Waals surface area contributed by atoms with E-state index < -0.39 is 5.91 Å². The van der Waals surface area contributed by atoms with Gasteiger partial charge in [-0.15, -0.1) is 6.58 Å². The average Bonchev–Trinajstić information content (AvgIpc) is 2.89. The fourth-order valence-corrected chi connectivity index (χ4v) is 4.47.